The minimum Gasteiger partial charge on any atom is -0.506 e. The molecule has 0 saturated carbocycles. The maximum Gasteiger partial charge on any atom is 0.139 e. The summed E-state index contributed by atoms with van der Waals surface area (Å²) in [5.41, 5.74) is 12.3. The first-order chi connectivity index (χ1) is 5.68. The Hall–Kier alpha value is -1.42. The predicted octanol–water partition coefficient (Wildman–Crippen LogP) is 0.367. The van der Waals surface area contributed by atoms with Crippen molar-refractivity contribution in [2.75, 3.05) is 12.3 Å². The zero-order valence-corrected chi connectivity index (χ0v) is 6.45. The van der Waals surface area contributed by atoms with Crippen LogP contribution in [-0.4, -0.2) is 11.7 Å². The van der Waals surface area contributed by atoms with Crippen molar-refractivity contribution in [2.45, 2.75) is 6.04 Å². The van der Waals surface area contributed by atoms with Crippen molar-refractivity contribution < 1.29 is 9.84 Å². The molecule has 0 aliphatic carbocycles. The zero-order valence-electron chi connectivity index (χ0n) is 6.45. The van der Waals surface area contributed by atoms with Gasteiger partial charge in [-0.15, -0.1) is 0 Å². The number of aromatic hydroxyl groups is 1. The predicted molar refractivity (Wildman–Crippen MR) is 44.9 cm³/mol. The molecule has 1 aromatic carbocycles. The molecular weight excluding hydrogens is 156 g/mol. The van der Waals surface area contributed by atoms with Crippen molar-refractivity contribution in [3.8, 4) is 11.5 Å². The summed E-state index contributed by atoms with van der Waals surface area (Å²) in [6, 6.07) is 3.01. The van der Waals surface area contributed by atoms with E-state index < -0.39 is 0 Å². The number of hydrogen-bond donors (Lipinski definition) is 3. The van der Waals surface area contributed by atoms with E-state index in [1.807, 2.05) is 0 Å². The first-order valence-corrected chi connectivity index (χ1v) is 3.69. The first-order valence-electron chi connectivity index (χ1n) is 3.69. The van der Waals surface area contributed by atoms with Gasteiger partial charge in [0, 0.05) is 11.6 Å². The molecule has 0 amide bonds. The van der Waals surface area contributed by atoms with Gasteiger partial charge in [0.1, 0.15) is 18.1 Å². The van der Waals surface area contributed by atoms with Crippen molar-refractivity contribution >= 4 is 5.69 Å². The maximum atomic E-state index is 9.27. The van der Waals surface area contributed by atoms with Crippen LogP contribution in [0.2, 0.25) is 0 Å². The Morgan fingerprint density at radius 2 is 2.25 bits per heavy atom. The number of nitrogen functional groups attached to an aromatic ring is 1. The van der Waals surface area contributed by atoms with Crippen LogP contribution in [0.25, 0.3) is 0 Å². The van der Waals surface area contributed by atoms with Gasteiger partial charge in [0.05, 0.1) is 11.7 Å². The number of anilines is 1. The highest BCUT2D eigenvalue weighted by molar-refractivity contribution is 5.60. The molecule has 0 saturated heterocycles. The average Bonchev–Trinajstić information content (AvgIpc) is 2.35. The van der Waals surface area contributed by atoms with Gasteiger partial charge in [0.25, 0.3) is 0 Å². The lowest BCUT2D eigenvalue weighted by molar-refractivity contribution is 0.333. The van der Waals surface area contributed by atoms with E-state index in [9.17, 15) is 5.11 Å². The van der Waals surface area contributed by atoms with Crippen LogP contribution in [0.1, 0.15) is 11.6 Å². The number of phenolic OH excluding ortho intramolecular Hbond substituents is 1. The van der Waals surface area contributed by atoms with Crippen LogP contribution in [0.5, 0.6) is 11.5 Å². The van der Waals surface area contributed by atoms with Crippen LogP contribution in [-0.2, 0) is 0 Å². The van der Waals surface area contributed by atoms with E-state index in [1.165, 1.54) is 0 Å². The van der Waals surface area contributed by atoms with Gasteiger partial charge in [0.2, 0.25) is 0 Å². The average molecular weight is 166 g/mol. The third-order valence-electron chi connectivity index (χ3n) is 1.98. The highest BCUT2D eigenvalue weighted by Gasteiger charge is 2.21. The summed E-state index contributed by atoms with van der Waals surface area (Å²) in [5.74, 6) is 0.743. The smallest absolute Gasteiger partial charge is 0.139 e. The molecule has 0 radical (unpaired) electrons. The van der Waals surface area contributed by atoms with Gasteiger partial charge in [-0.25, -0.2) is 0 Å². The Morgan fingerprint density at radius 3 is 3.00 bits per heavy atom. The normalized spacial score (nSPS) is 20.2. The number of benzene rings is 1. The topological polar surface area (TPSA) is 81.5 Å². The number of fused-ring (bicyclic) bond motifs is 1. The molecule has 0 unspecified atom stereocenters. The molecule has 2 rings (SSSR count). The van der Waals surface area contributed by atoms with Crippen molar-refractivity contribution in [2.24, 2.45) is 5.73 Å². The SMILES string of the molecule is Nc1cc2c(cc1O)[C@@H](N)CO2. The molecular formula is C8H10N2O2. The third-order valence-corrected chi connectivity index (χ3v) is 1.98. The van der Waals surface area contributed by atoms with E-state index in [0.29, 0.717) is 18.0 Å². The molecule has 1 aromatic rings. The lowest BCUT2D eigenvalue weighted by atomic mass is 10.1. The fourth-order valence-corrected chi connectivity index (χ4v) is 1.28. The van der Waals surface area contributed by atoms with Gasteiger partial charge in [-0.05, 0) is 6.07 Å². The summed E-state index contributed by atoms with van der Waals surface area (Å²) in [5, 5.41) is 9.27. The molecule has 0 spiro atoms. The van der Waals surface area contributed by atoms with Crippen LogP contribution in [0.4, 0.5) is 5.69 Å². The summed E-state index contributed by atoms with van der Waals surface area (Å²) in [6.45, 7) is 0.457. The Kier molecular flexibility index (Phi) is 1.38. The molecule has 4 heteroatoms. The Balaban J connectivity index is 2.56. The molecule has 4 nitrogen and oxygen atoms in total. The zero-order chi connectivity index (χ0) is 8.72. The monoisotopic (exact) mass is 166 g/mol. The first kappa shape index (κ1) is 7.24. The van der Waals surface area contributed by atoms with E-state index in [0.717, 1.165) is 5.56 Å². The lowest BCUT2D eigenvalue weighted by Crippen LogP contribution is -2.10. The summed E-state index contributed by atoms with van der Waals surface area (Å²) in [4.78, 5) is 0. The number of nitrogens with two attached hydrogens (primary N) is 2. The largest absolute Gasteiger partial charge is 0.506 e. The molecule has 1 heterocycles. The second-order valence-electron chi connectivity index (χ2n) is 2.87. The van der Waals surface area contributed by atoms with E-state index in [-0.39, 0.29) is 11.8 Å². The van der Waals surface area contributed by atoms with Crippen LogP contribution in [0.3, 0.4) is 0 Å². The molecule has 0 aromatic heterocycles. The minimum atomic E-state index is -0.147. The lowest BCUT2D eigenvalue weighted by Gasteiger charge is -2.03. The van der Waals surface area contributed by atoms with Crippen LogP contribution >= 0.6 is 0 Å². The molecule has 0 bridgehead atoms. The second-order valence-corrected chi connectivity index (χ2v) is 2.87. The number of hydrogen-bond acceptors (Lipinski definition) is 4. The Bertz CT molecular complexity index is 325. The molecule has 1 aliphatic heterocycles. The van der Waals surface area contributed by atoms with E-state index in [4.69, 9.17) is 16.2 Å². The van der Waals surface area contributed by atoms with Gasteiger partial charge in [-0.1, -0.05) is 0 Å². The van der Waals surface area contributed by atoms with Crippen molar-refractivity contribution in [3.63, 3.8) is 0 Å². The summed E-state index contributed by atoms with van der Waals surface area (Å²) >= 11 is 0. The van der Waals surface area contributed by atoms with E-state index in [1.54, 1.807) is 12.1 Å². The molecule has 1 aliphatic rings. The molecule has 0 fully saturated rings. The van der Waals surface area contributed by atoms with Gasteiger partial charge < -0.3 is 21.3 Å². The summed E-state index contributed by atoms with van der Waals surface area (Å²) in [7, 11) is 0. The fraction of sp³-hybridized carbons (Fsp3) is 0.250. The highest BCUT2D eigenvalue weighted by atomic mass is 16.5. The molecule has 12 heavy (non-hydrogen) atoms. The second kappa shape index (κ2) is 2.28. The third kappa shape index (κ3) is 0.887. The number of phenols is 1. The maximum absolute atomic E-state index is 9.27. The van der Waals surface area contributed by atoms with Gasteiger partial charge in [-0.3, -0.25) is 0 Å². The minimum absolute atomic E-state index is 0.0645. The highest BCUT2D eigenvalue weighted by Crippen LogP contribution is 2.37. The van der Waals surface area contributed by atoms with Crippen LogP contribution in [0.15, 0.2) is 12.1 Å². The standard InChI is InChI=1S/C8H10N2O2/c9-5-2-8-4(1-7(5)11)6(10)3-12-8/h1-2,6,11H,3,9-10H2/t6-/m0/s1. The number of rotatable bonds is 0. The Morgan fingerprint density at radius 1 is 1.50 bits per heavy atom. The van der Waals surface area contributed by atoms with Crippen molar-refractivity contribution in [3.05, 3.63) is 17.7 Å². The fourth-order valence-electron chi connectivity index (χ4n) is 1.28. The van der Waals surface area contributed by atoms with Crippen LogP contribution < -0.4 is 16.2 Å². The van der Waals surface area contributed by atoms with Crippen molar-refractivity contribution in [1.29, 1.82) is 0 Å². The van der Waals surface area contributed by atoms with Crippen LogP contribution in [0, 0.1) is 0 Å². The quantitative estimate of drug-likeness (QED) is 0.384. The molecule has 1 atom stereocenters. The van der Waals surface area contributed by atoms with E-state index >= 15 is 0 Å². The van der Waals surface area contributed by atoms with Crippen molar-refractivity contribution in [1.82, 2.24) is 0 Å². The Labute approximate surface area is 69.7 Å². The molecule has 5 N–H and O–H groups in total. The molecule has 64 valence electrons. The van der Waals surface area contributed by atoms with Gasteiger partial charge >= 0.3 is 0 Å². The summed E-state index contributed by atoms with van der Waals surface area (Å²) < 4.78 is 5.23. The van der Waals surface area contributed by atoms with Gasteiger partial charge in [0.15, 0.2) is 0 Å². The summed E-state index contributed by atoms with van der Waals surface area (Å²) in [6.07, 6.45) is 0. The van der Waals surface area contributed by atoms with Gasteiger partial charge in [-0.2, -0.15) is 0 Å². The van der Waals surface area contributed by atoms with E-state index in [2.05, 4.69) is 0 Å². The number of ether oxygens (including phenoxy) is 1.